The first-order chi connectivity index (χ1) is 16.9. The van der Waals surface area contributed by atoms with Gasteiger partial charge in [-0.3, -0.25) is 0 Å². The molecule has 0 bridgehead atoms. The first-order valence-corrected chi connectivity index (χ1v) is 22.0. The fourth-order valence-corrected chi connectivity index (χ4v) is 23.1. The molecule has 8 rings (SSSR count). The predicted molar refractivity (Wildman–Crippen MR) is 144 cm³/mol. The maximum absolute atomic E-state index is 8.02. The van der Waals surface area contributed by atoms with Gasteiger partial charge in [-0.15, -0.1) is 0 Å². The summed E-state index contributed by atoms with van der Waals surface area (Å²) in [7, 11) is 16.0. The number of nitrogens with zero attached hydrogens (tertiary/aromatic N) is 2. The van der Waals surface area contributed by atoms with E-state index >= 15 is 0 Å². The Morgan fingerprint density at radius 3 is 1.57 bits per heavy atom. The van der Waals surface area contributed by atoms with Gasteiger partial charge >= 0.3 is 212 Å². The van der Waals surface area contributed by atoms with E-state index in [0.717, 1.165) is 58.4 Å². The number of halogens is 2. The molecule has 35 heavy (non-hydrogen) atoms. The van der Waals surface area contributed by atoms with Crippen LogP contribution in [-0.2, 0) is 0 Å². The van der Waals surface area contributed by atoms with Crippen molar-refractivity contribution in [2.45, 2.75) is 37.8 Å². The molecular weight excluding hydrogens is 595 g/mol. The Balaban J connectivity index is 1.50. The van der Waals surface area contributed by atoms with Crippen molar-refractivity contribution in [3.63, 3.8) is 0 Å². The van der Waals surface area contributed by atoms with E-state index in [-0.39, 0.29) is 12.1 Å². The van der Waals surface area contributed by atoms with E-state index in [1.165, 1.54) is 0 Å². The Morgan fingerprint density at radius 1 is 0.629 bits per heavy atom. The van der Waals surface area contributed by atoms with Gasteiger partial charge in [0.15, 0.2) is 0 Å². The van der Waals surface area contributed by atoms with Crippen molar-refractivity contribution in [1.29, 1.82) is 0 Å². The molecule has 0 N–H and O–H groups in total. The van der Waals surface area contributed by atoms with Crippen LogP contribution in [0, 0.1) is 0 Å². The van der Waals surface area contributed by atoms with E-state index in [9.17, 15) is 0 Å². The summed E-state index contributed by atoms with van der Waals surface area (Å²) in [6.45, 7) is 0. The third-order valence-corrected chi connectivity index (χ3v) is 23.9. The molecule has 176 valence electrons. The van der Waals surface area contributed by atoms with E-state index < -0.39 is 14.6 Å². The van der Waals surface area contributed by atoms with Crippen LogP contribution in [0.4, 0.5) is 0 Å². The zero-order valence-electron chi connectivity index (χ0n) is 18.9. The van der Waals surface area contributed by atoms with Crippen LogP contribution < -0.4 is 6.20 Å². The molecule has 1 saturated heterocycles. The zero-order chi connectivity index (χ0) is 23.5. The van der Waals surface area contributed by atoms with Crippen LogP contribution in [0.1, 0.15) is 36.8 Å². The average molecular weight is 619 g/mol. The topological polar surface area (TPSA) is 24.5 Å². The van der Waals surface area contributed by atoms with Gasteiger partial charge in [-0.05, 0) is 0 Å². The second-order valence-electron chi connectivity index (χ2n) is 10.0. The quantitative estimate of drug-likeness (QED) is 0.211. The molecule has 0 aromatic heterocycles. The van der Waals surface area contributed by atoms with Crippen molar-refractivity contribution in [3.8, 4) is 11.5 Å². The Kier molecular flexibility index (Phi) is 3.77. The van der Waals surface area contributed by atoms with Crippen molar-refractivity contribution in [3.05, 3.63) is 83.9 Å². The van der Waals surface area contributed by atoms with Crippen molar-refractivity contribution in [1.82, 2.24) is 0 Å². The van der Waals surface area contributed by atoms with Gasteiger partial charge in [-0.1, -0.05) is 0 Å². The van der Waals surface area contributed by atoms with Crippen LogP contribution in [0.15, 0.2) is 72.8 Å². The molecule has 1 saturated carbocycles. The molecule has 0 unspecified atom stereocenters. The summed E-state index contributed by atoms with van der Waals surface area (Å²) < 4.78 is 18.5. The fourth-order valence-electron chi connectivity index (χ4n) is 6.46. The minimum atomic E-state index is -6.18. The van der Waals surface area contributed by atoms with Crippen LogP contribution in [0.3, 0.4) is 0 Å². The third kappa shape index (κ3) is 2.46. The molecule has 0 radical (unpaired) electrons. The second kappa shape index (κ2) is 6.33. The van der Waals surface area contributed by atoms with Crippen LogP contribution in [-0.4, -0.2) is 44.7 Å². The van der Waals surface area contributed by atoms with Crippen molar-refractivity contribution >= 4 is 66.5 Å². The minimum absolute atomic E-state index is 0.126. The molecule has 1 spiro atoms. The van der Waals surface area contributed by atoms with Gasteiger partial charge in [-0.2, -0.15) is 0 Å². The van der Waals surface area contributed by atoms with Crippen molar-refractivity contribution in [2.24, 2.45) is 0 Å². The van der Waals surface area contributed by atoms with Crippen LogP contribution in [0.5, 0.6) is 11.5 Å². The Bertz CT molecular complexity index is 1590. The van der Waals surface area contributed by atoms with Crippen LogP contribution in [0.2, 0.25) is 0 Å². The normalized spacial score (nSPS) is 28.1. The van der Waals surface area contributed by atoms with Gasteiger partial charge in [0.25, 0.3) is 0 Å². The predicted octanol–water partition coefficient (Wildman–Crippen LogP) is 6.48. The van der Waals surface area contributed by atoms with E-state index in [2.05, 4.69) is 66.6 Å². The average Bonchev–Trinajstić information content (AvgIpc) is 3.07. The van der Waals surface area contributed by atoms with Gasteiger partial charge in [0.2, 0.25) is 0 Å². The number of rotatable bonds is 0. The van der Waals surface area contributed by atoms with E-state index in [0.29, 0.717) is 11.5 Å². The summed E-state index contributed by atoms with van der Waals surface area (Å²) in [4.78, 5) is 0. The van der Waals surface area contributed by atoms with Gasteiger partial charge in [0.1, 0.15) is 0 Å². The molecule has 4 aromatic rings. The molecule has 0 amide bonds. The summed E-state index contributed by atoms with van der Waals surface area (Å²) in [5.41, 5.74) is 1.97. The van der Waals surface area contributed by atoms with Crippen LogP contribution in [0.25, 0.3) is 21.5 Å². The molecule has 3 aliphatic heterocycles. The fraction of sp³-hybridized carbons (Fsp3) is 0.214. The molecule has 4 aromatic carbocycles. The molecule has 7 heteroatoms. The van der Waals surface area contributed by atoms with Gasteiger partial charge in [-0.25, -0.2) is 0 Å². The standard InChI is InChI=1S/C28H24Cl2N2O2Te/c29-35(30)31(17-21-15-13-19-7-1-3-9-23(19)27(21)33-35)25-11-5-6-12-26(25)32(35)18-22-16-14-20-8-2-4-10-24(20)28(22)34-35/h1-4,7-10,13-18,25-26H,5-6,11-12H2/q+2/t25-,26-/m1/s1. The Labute approximate surface area is 210 Å². The summed E-state index contributed by atoms with van der Waals surface area (Å²) in [6.07, 6.45) is 8.54. The van der Waals surface area contributed by atoms with Gasteiger partial charge in [0.05, 0.1) is 0 Å². The summed E-state index contributed by atoms with van der Waals surface area (Å²) >= 11 is -6.18. The van der Waals surface area contributed by atoms with Crippen molar-refractivity contribution < 1.29 is 11.9 Å². The number of hydrogen-bond acceptors (Lipinski definition) is 2. The van der Waals surface area contributed by atoms with E-state index in [1.807, 2.05) is 24.3 Å². The maximum atomic E-state index is 8.02. The summed E-state index contributed by atoms with van der Waals surface area (Å²) in [5.74, 6) is 1.41. The first kappa shape index (κ1) is 20.9. The molecule has 2 fully saturated rings. The van der Waals surface area contributed by atoms with Crippen molar-refractivity contribution in [2.75, 3.05) is 0 Å². The molecule has 4 aliphatic rings. The molecule has 3 heterocycles. The second-order valence-corrected chi connectivity index (χ2v) is 29.5. The third-order valence-electron chi connectivity index (χ3n) is 8.06. The van der Waals surface area contributed by atoms with Gasteiger partial charge < -0.3 is 0 Å². The first-order valence-electron chi connectivity index (χ1n) is 12.2. The monoisotopic (exact) mass is 620 g/mol. The summed E-state index contributed by atoms with van der Waals surface area (Å²) in [5, 5.41) is 4.15. The number of hydrogen-bond donors (Lipinski definition) is 0. The van der Waals surface area contributed by atoms with Gasteiger partial charge in [0, 0.05) is 0 Å². The van der Waals surface area contributed by atoms with E-state index in [1.54, 1.807) is 0 Å². The number of benzene rings is 4. The van der Waals surface area contributed by atoms with E-state index in [4.69, 9.17) is 24.1 Å². The molecular formula is C28H24Cl2N2O2Te+2. The number of fused-ring (bicyclic) bond motifs is 9. The zero-order valence-corrected chi connectivity index (χ0v) is 22.8. The van der Waals surface area contributed by atoms with Crippen LogP contribution >= 0.6 is 17.9 Å². The Morgan fingerprint density at radius 2 is 1.09 bits per heavy atom. The Hall–Kier alpha value is -2.29. The molecule has 4 nitrogen and oxygen atoms in total. The SMILES string of the molecule is Cl[Te]123(Cl)Oc4c(ccc5ccccc45)C=[N+]1[C@@H]1CCCC[C@H]1[N+]2=Cc1ccc2ccccc2c1O3. The molecule has 1 aliphatic carbocycles. The summed E-state index contributed by atoms with van der Waals surface area (Å²) in [6, 6.07) is 25.1. The molecule has 2 atom stereocenters.